The molecule has 136 valence electrons. The van der Waals surface area contributed by atoms with Crippen LogP contribution in [0.25, 0.3) is 0 Å². The van der Waals surface area contributed by atoms with Crippen molar-refractivity contribution in [1.29, 1.82) is 0 Å². The van der Waals surface area contributed by atoms with Gasteiger partial charge >= 0.3 is 0 Å². The fourth-order valence-corrected chi connectivity index (χ4v) is 4.38. The lowest BCUT2D eigenvalue weighted by molar-refractivity contribution is -0.0257. The van der Waals surface area contributed by atoms with Crippen molar-refractivity contribution in [2.75, 3.05) is 45.9 Å². The number of aryl methyl sites for hydroxylation is 2. The van der Waals surface area contributed by atoms with E-state index in [0.29, 0.717) is 26.1 Å². The summed E-state index contributed by atoms with van der Waals surface area (Å²) < 4.78 is 5.37. The lowest BCUT2D eigenvalue weighted by Crippen LogP contribution is -2.49. The van der Waals surface area contributed by atoms with Gasteiger partial charge in [-0.25, -0.2) is 0 Å². The first-order valence-electron chi connectivity index (χ1n) is 9.57. The summed E-state index contributed by atoms with van der Waals surface area (Å²) in [6.07, 6.45) is 5.33. The number of aliphatic hydroxyl groups is 1. The lowest BCUT2D eigenvalue weighted by atomic mass is 9.90. The predicted octanol–water partition coefficient (Wildman–Crippen LogP) is 1.47. The van der Waals surface area contributed by atoms with Crippen LogP contribution in [0.15, 0.2) is 18.2 Å². The van der Waals surface area contributed by atoms with Crippen molar-refractivity contribution < 1.29 is 14.6 Å². The molecule has 1 atom stereocenters. The Labute approximate surface area is 149 Å². The average Bonchev–Trinajstić information content (AvgIpc) is 3.03. The minimum atomic E-state index is -0.790. The Morgan fingerprint density at radius 3 is 2.68 bits per heavy atom. The van der Waals surface area contributed by atoms with E-state index in [1.807, 2.05) is 11.0 Å². The normalized spacial score (nSPS) is 27.3. The first-order chi connectivity index (χ1) is 12.1. The van der Waals surface area contributed by atoms with Crippen LogP contribution in [0.3, 0.4) is 0 Å². The summed E-state index contributed by atoms with van der Waals surface area (Å²) in [5.74, 6) is 0.0614. The molecule has 1 amide bonds. The van der Waals surface area contributed by atoms with Gasteiger partial charge in [-0.1, -0.05) is 6.07 Å². The SMILES string of the molecule is O=C(c1ccc2c(c1)CCCC2)N1CC[C@@](O)(CN2CCOCC2)C1. The molecule has 5 nitrogen and oxygen atoms in total. The molecule has 1 aromatic carbocycles. The van der Waals surface area contributed by atoms with Crippen molar-refractivity contribution >= 4 is 5.91 Å². The van der Waals surface area contributed by atoms with Crippen LogP contribution >= 0.6 is 0 Å². The summed E-state index contributed by atoms with van der Waals surface area (Å²) in [6.45, 7) is 4.88. The molecule has 0 radical (unpaired) electrons. The smallest absolute Gasteiger partial charge is 0.253 e. The molecule has 0 aromatic heterocycles. The van der Waals surface area contributed by atoms with Crippen molar-refractivity contribution in [2.24, 2.45) is 0 Å². The van der Waals surface area contributed by atoms with Gasteiger partial charge in [0, 0.05) is 31.7 Å². The Morgan fingerprint density at radius 2 is 1.88 bits per heavy atom. The molecule has 25 heavy (non-hydrogen) atoms. The third-order valence-corrected chi connectivity index (χ3v) is 5.84. The molecule has 3 aliphatic rings. The van der Waals surface area contributed by atoms with E-state index in [-0.39, 0.29) is 5.91 Å². The van der Waals surface area contributed by atoms with Crippen molar-refractivity contribution in [3.63, 3.8) is 0 Å². The highest BCUT2D eigenvalue weighted by Gasteiger charge is 2.40. The Bertz CT molecular complexity index is 642. The maximum Gasteiger partial charge on any atom is 0.253 e. The molecule has 1 N–H and O–H groups in total. The van der Waals surface area contributed by atoms with Gasteiger partial charge in [-0.15, -0.1) is 0 Å². The molecule has 2 saturated heterocycles. The zero-order valence-electron chi connectivity index (χ0n) is 14.9. The van der Waals surface area contributed by atoms with E-state index >= 15 is 0 Å². The number of likely N-dealkylation sites (tertiary alicyclic amines) is 1. The van der Waals surface area contributed by atoms with Crippen LogP contribution in [-0.2, 0) is 17.6 Å². The zero-order valence-corrected chi connectivity index (χ0v) is 14.9. The molecule has 4 rings (SSSR count). The van der Waals surface area contributed by atoms with Gasteiger partial charge in [0.1, 0.15) is 0 Å². The van der Waals surface area contributed by atoms with Gasteiger partial charge in [0.15, 0.2) is 0 Å². The molecule has 2 fully saturated rings. The number of hydrogen-bond donors (Lipinski definition) is 1. The number of rotatable bonds is 3. The van der Waals surface area contributed by atoms with E-state index in [4.69, 9.17) is 4.74 Å². The first-order valence-corrected chi connectivity index (χ1v) is 9.57. The molecular weight excluding hydrogens is 316 g/mol. The van der Waals surface area contributed by atoms with Gasteiger partial charge in [-0.2, -0.15) is 0 Å². The Morgan fingerprint density at radius 1 is 1.12 bits per heavy atom. The molecule has 5 heteroatoms. The van der Waals surface area contributed by atoms with Crippen molar-refractivity contribution in [1.82, 2.24) is 9.80 Å². The lowest BCUT2D eigenvalue weighted by Gasteiger charge is -2.33. The monoisotopic (exact) mass is 344 g/mol. The number of carbonyl (C=O) groups is 1. The second-order valence-corrected chi connectivity index (χ2v) is 7.78. The summed E-state index contributed by atoms with van der Waals surface area (Å²) in [5, 5.41) is 10.9. The van der Waals surface area contributed by atoms with Crippen LogP contribution in [0.4, 0.5) is 0 Å². The molecule has 1 aliphatic carbocycles. The molecular formula is C20H28N2O3. The molecule has 0 spiro atoms. The van der Waals surface area contributed by atoms with Gasteiger partial charge in [0.05, 0.1) is 25.4 Å². The summed E-state index contributed by atoms with van der Waals surface area (Å²) in [7, 11) is 0. The number of amides is 1. The third kappa shape index (κ3) is 3.73. The Kier molecular flexibility index (Phi) is 4.80. The highest BCUT2D eigenvalue weighted by molar-refractivity contribution is 5.94. The quantitative estimate of drug-likeness (QED) is 0.902. The van der Waals surface area contributed by atoms with Gasteiger partial charge in [0.2, 0.25) is 0 Å². The topological polar surface area (TPSA) is 53.0 Å². The number of benzene rings is 1. The molecule has 1 aromatic rings. The van der Waals surface area contributed by atoms with E-state index in [2.05, 4.69) is 17.0 Å². The number of morpholine rings is 1. The largest absolute Gasteiger partial charge is 0.387 e. The van der Waals surface area contributed by atoms with Crippen LogP contribution in [0.5, 0.6) is 0 Å². The molecule has 2 aliphatic heterocycles. The van der Waals surface area contributed by atoms with E-state index in [9.17, 15) is 9.90 Å². The number of fused-ring (bicyclic) bond motifs is 1. The third-order valence-electron chi connectivity index (χ3n) is 5.84. The van der Waals surface area contributed by atoms with Gasteiger partial charge in [-0.05, 0) is 55.4 Å². The standard InChI is InChI=1S/C20H28N2O3/c23-19(18-6-5-16-3-1-2-4-17(16)13-18)22-8-7-20(24,15-22)14-21-9-11-25-12-10-21/h5-6,13,24H,1-4,7-12,14-15H2/t20-/m1/s1. The summed E-state index contributed by atoms with van der Waals surface area (Å²) in [4.78, 5) is 17.0. The average molecular weight is 344 g/mol. The number of ether oxygens (including phenoxy) is 1. The Balaban J connectivity index is 1.41. The van der Waals surface area contributed by atoms with Crippen molar-refractivity contribution in [3.8, 4) is 0 Å². The maximum absolute atomic E-state index is 12.9. The maximum atomic E-state index is 12.9. The highest BCUT2D eigenvalue weighted by atomic mass is 16.5. The summed E-state index contributed by atoms with van der Waals surface area (Å²) in [5.41, 5.74) is 2.71. The first kappa shape index (κ1) is 17.0. The molecule has 2 heterocycles. The Hall–Kier alpha value is -1.43. The van der Waals surface area contributed by atoms with Crippen LogP contribution in [0.1, 0.15) is 40.7 Å². The van der Waals surface area contributed by atoms with Crippen LogP contribution < -0.4 is 0 Å². The van der Waals surface area contributed by atoms with Gasteiger partial charge < -0.3 is 14.7 Å². The number of β-amino-alcohol motifs (C(OH)–C–C–N with tert-alkyl or cyclic N) is 1. The predicted molar refractivity (Wildman–Crippen MR) is 95.8 cm³/mol. The minimum Gasteiger partial charge on any atom is -0.387 e. The molecule has 0 unspecified atom stereocenters. The molecule has 0 saturated carbocycles. The number of hydrogen-bond acceptors (Lipinski definition) is 4. The summed E-state index contributed by atoms with van der Waals surface area (Å²) in [6, 6.07) is 6.17. The minimum absolute atomic E-state index is 0.0614. The fraction of sp³-hybridized carbons (Fsp3) is 0.650. The fourth-order valence-electron chi connectivity index (χ4n) is 4.38. The van der Waals surface area contributed by atoms with E-state index in [1.165, 1.54) is 24.0 Å². The van der Waals surface area contributed by atoms with E-state index in [1.54, 1.807) is 0 Å². The van der Waals surface area contributed by atoms with Gasteiger partial charge in [0.25, 0.3) is 5.91 Å². The van der Waals surface area contributed by atoms with E-state index < -0.39 is 5.60 Å². The van der Waals surface area contributed by atoms with Gasteiger partial charge in [-0.3, -0.25) is 9.69 Å². The number of carbonyl (C=O) groups excluding carboxylic acids is 1. The number of nitrogens with zero attached hydrogens (tertiary/aromatic N) is 2. The summed E-state index contributed by atoms with van der Waals surface area (Å²) >= 11 is 0. The van der Waals surface area contributed by atoms with Crippen LogP contribution in [0, 0.1) is 0 Å². The van der Waals surface area contributed by atoms with Crippen LogP contribution in [0.2, 0.25) is 0 Å². The second-order valence-electron chi connectivity index (χ2n) is 7.78. The molecule has 0 bridgehead atoms. The van der Waals surface area contributed by atoms with Crippen molar-refractivity contribution in [3.05, 3.63) is 34.9 Å². The van der Waals surface area contributed by atoms with E-state index in [0.717, 1.165) is 44.7 Å². The zero-order chi connectivity index (χ0) is 17.3. The van der Waals surface area contributed by atoms with Crippen molar-refractivity contribution in [2.45, 2.75) is 37.7 Å². The van der Waals surface area contributed by atoms with Crippen LogP contribution in [-0.4, -0.2) is 72.4 Å². The second kappa shape index (κ2) is 7.06. The highest BCUT2D eigenvalue weighted by Crippen LogP contribution is 2.27.